The second kappa shape index (κ2) is 12.3. The highest BCUT2D eigenvalue weighted by Crippen LogP contribution is 2.38. The zero-order valence-corrected chi connectivity index (χ0v) is 22.0. The Morgan fingerprint density at radius 3 is 2.15 bits per heavy atom. The van der Waals surface area contributed by atoms with E-state index in [1.54, 1.807) is 86.0 Å². The van der Waals surface area contributed by atoms with Gasteiger partial charge in [-0.25, -0.2) is 0 Å². The van der Waals surface area contributed by atoms with Crippen molar-refractivity contribution in [1.29, 1.82) is 0 Å². The standard InChI is InChI=1S/C29H22ClF3N2O3S/c1-38-22-12-7-19(8-13-22)27(36)34-21-10-14-23(15-11-21)39-26(18-5-3-2-4-6-18)28(37)35-25-17-20(29(31,32)33)9-16-24(25)30/h2-17,26H,1H3,(H,34,36)(H,35,37). The van der Waals surface area contributed by atoms with Gasteiger partial charge in [0.25, 0.3) is 5.91 Å². The van der Waals surface area contributed by atoms with E-state index < -0.39 is 22.9 Å². The number of methoxy groups -OCH3 is 1. The zero-order valence-electron chi connectivity index (χ0n) is 20.5. The van der Waals surface area contributed by atoms with Crippen molar-refractivity contribution in [2.75, 3.05) is 17.7 Å². The molecule has 4 aromatic rings. The van der Waals surface area contributed by atoms with E-state index in [9.17, 15) is 22.8 Å². The van der Waals surface area contributed by atoms with Gasteiger partial charge in [0, 0.05) is 16.1 Å². The number of hydrogen-bond donors (Lipinski definition) is 2. The van der Waals surface area contributed by atoms with Crippen LogP contribution in [-0.4, -0.2) is 18.9 Å². The maximum Gasteiger partial charge on any atom is 0.416 e. The van der Waals surface area contributed by atoms with Crippen LogP contribution in [0.5, 0.6) is 5.75 Å². The smallest absolute Gasteiger partial charge is 0.416 e. The third kappa shape index (κ3) is 7.34. The summed E-state index contributed by atoms with van der Waals surface area (Å²) in [5.41, 5.74) is 0.618. The molecule has 1 atom stereocenters. The average molecular weight is 571 g/mol. The summed E-state index contributed by atoms with van der Waals surface area (Å²) >= 11 is 7.30. The molecule has 0 aliphatic rings. The minimum Gasteiger partial charge on any atom is -0.497 e. The minimum absolute atomic E-state index is 0.00915. The van der Waals surface area contributed by atoms with Gasteiger partial charge in [0.1, 0.15) is 11.0 Å². The summed E-state index contributed by atoms with van der Waals surface area (Å²) in [5, 5.41) is 4.56. The maximum atomic E-state index is 13.3. The van der Waals surface area contributed by atoms with Gasteiger partial charge in [-0.05, 0) is 72.3 Å². The molecule has 200 valence electrons. The van der Waals surface area contributed by atoms with Gasteiger partial charge in [-0.15, -0.1) is 11.8 Å². The van der Waals surface area contributed by atoms with Crippen molar-refractivity contribution >= 4 is 46.6 Å². The summed E-state index contributed by atoms with van der Waals surface area (Å²) < 4.78 is 44.7. The number of hydrogen-bond acceptors (Lipinski definition) is 4. The fraction of sp³-hybridized carbons (Fsp3) is 0.103. The molecule has 0 saturated carbocycles. The largest absolute Gasteiger partial charge is 0.497 e. The van der Waals surface area contributed by atoms with Crippen LogP contribution in [0.15, 0.2) is 102 Å². The van der Waals surface area contributed by atoms with Crippen molar-refractivity contribution in [1.82, 2.24) is 0 Å². The lowest BCUT2D eigenvalue weighted by Crippen LogP contribution is -2.19. The number of alkyl halides is 3. The number of nitrogens with one attached hydrogen (secondary N) is 2. The number of amides is 2. The van der Waals surface area contributed by atoms with E-state index in [1.807, 2.05) is 0 Å². The number of halogens is 4. The topological polar surface area (TPSA) is 67.4 Å². The summed E-state index contributed by atoms with van der Waals surface area (Å²) in [7, 11) is 1.54. The molecule has 4 rings (SSSR count). The lowest BCUT2D eigenvalue weighted by molar-refractivity contribution is -0.137. The van der Waals surface area contributed by atoms with Gasteiger partial charge in [-0.1, -0.05) is 41.9 Å². The number of thioether (sulfide) groups is 1. The van der Waals surface area contributed by atoms with Crippen molar-refractivity contribution in [3.63, 3.8) is 0 Å². The van der Waals surface area contributed by atoms with Crippen LogP contribution in [-0.2, 0) is 11.0 Å². The van der Waals surface area contributed by atoms with Crippen molar-refractivity contribution in [3.05, 3.63) is 119 Å². The quantitative estimate of drug-likeness (QED) is 0.210. The molecule has 0 aromatic heterocycles. The van der Waals surface area contributed by atoms with Gasteiger partial charge >= 0.3 is 6.18 Å². The van der Waals surface area contributed by atoms with Gasteiger partial charge in [-0.2, -0.15) is 13.2 Å². The third-order valence-corrected chi connectivity index (χ3v) is 7.21. The summed E-state index contributed by atoms with van der Waals surface area (Å²) in [4.78, 5) is 26.6. The molecular weight excluding hydrogens is 549 g/mol. The molecule has 1 unspecified atom stereocenters. The first-order valence-electron chi connectivity index (χ1n) is 11.6. The van der Waals surface area contributed by atoms with Gasteiger partial charge in [0.15, 0.2) is 0 Å². The fourth-order valence-corrected chi connectivity index (χ4v) is 4.78. The lowest BCUT2D eigenvalue weighted by Gasteiger charge is -2.18. The van der Waals surface area contributed by atoms with Crippen molar-refractivity contribution < 1.29 is 27.5 Å². The Labute approximate surface area is 232 Å². The van der Waals surface area contributed by atoms with E-state index in [1.165, 1.54) is 11.8 Å². The molecule has 2 N–H and O–H groups in total. The minimum atomic E-state index is -4.58. The highest BCUT2D eigenvalue weighted by Gasteiger charge is 2.31. The summed E-state index contributed by atoms with van der Waals surface area (Å²) in [5.74, 6) is -0.192. The van der Waals surface area contributed by atoms with Gasteiger partial charge in [0.2, 0.25) is 5.91 Å². The molecule has 2 amide bonds. The first-order valence-corrected chi connectivity index (χ1v) is 12.8. The van der Waals surface area contributed by atoms with E-state index in [0.717, 1.165) is 18.2 Å². The van der Waals surface area contributed by atoms with Crippen LogP contribution in [0.3, 0.4) is 0 Å². The number of rotatable bonds is 8. The molecule has 39 heavy (non-hydrogen) atoms. The number of ether oxygens (including phenoxy) is 1. The molecule has 0 radical (unpaired) electrons. The lowest BCUT2D eigenvalue weighted by atomic mass is 10.1. The molecule has 0 saturated heterocycles. The van der Waals surface area contributed by atoms with E-state index in [-0.39, 0.29) is 16.6 Å². The van der Waals surface area contributed by atoms with Gasteiger partial charge < -0.3 is 15.4 Å². The van der Waals surface area contributed by atoms with Crippen LogP contribution in [0, 0.1) is 0 Å². The average Bonchev–Trinajstić information content (AvgIpc) is 2.93. The van der Waals surface area contributed by atoms with Gasteiger partial charge in [0.05, 0.1) is 23.4 Å². The predicted octanol–water partition coefficient (Wildman–Crippen LogP) is 8.09. The van der Waals surface area contributed by atoms with Crippen LogP contribution in [0.25, 0.3) is 0 Å². The molecule has 0 spiro atoms. The zero-order chi connectivity index (χ0) is 28.0. The summed E-state index contributed by atoms with van der Waals surface area (Å²) in [6, 6.07) is 25.2. The van der Waals surface area contributed by atoms with Crippen LogP contribution in [0.2, 0.25) is 5.02 Å². The molecule has 4 aromatic carbocycles. The van der Waals surface area contributed by atoms with E-state index in [0.29, 0.717) is 27.5 Å². The van der Waals surface area contributed by atoms with Crippen LogP contribution in [0.1, 0.15) is 26.7 Å². The van der Waals surface area contributed by atoms with E-state index >= 15 is 0 Å². The number of carbonyl (C=O) groups is 2. The van der Waals surface area contributed by atoms with E-state index in [2.05, 4.69) is 10.6 Å². The summed E-state index contributed by atoms with van der Waals surface area (Å²) in [6.45, 7) is 0. The molecule has 5 nitrogen and oxygen atoms in total. The molecule has 0 aliphatic heterocycles. The number of benzene rings is 4. The predicted molar refractivity (Wildman–Crippen MR) is 148 cm³/mol. The maximum absolute atomic E-state index is 13.3. The second-order valence-electron chi connectivity index (χ2n) is 8.30. The Bertz CT molecular complexity index is 1450. The molecule has 0 fully saturated rings. The molecule has 0 bridgehead atoms. The number of anilines is 2. The normalized spacial score (nSPS) is 11.9. The highest BCUT2D eigenvalue weighted by molar-refractivity contribution is 8.00. The van der Waals surface area contributed by atoms with Gasteiger partial charge in [-0.3, -0.25) is 9.59 Å². The molecule has 0 heterocycles. The van der Waals surface area contributed by atoms with Crippen LogP contribution >= 0.6 is 23.4 Å². The molecular formula is C29H22ClF3N2O3S. The number of carbonyl (C=O) groups excluding carboxylic acids is 2. The Kier molecular flexibility index (Phi) is 8.83. The molecule has 0 aliphatic carbocycles. The fourth-order valence-electron chi connectivity index (χ4n) is 3.60. The highest BCUT2D eigenvalue weighted by atomic mass is 35.5. The van der Waals surface area contributed by atoms with Crippen LogP contribution in [0.4, 0.5) is 24.5 Å². The second-order valence-corrected chi connectivity index (χ2v) is 9.88. The third-order valence-electron chi connectivity index (χ3n) is 5.61. The Hall–Kier alpha value is -3.95. The van der Waals surface area contributed by atoms with Crippen molar-refractivity contribution in [2.45, 2.75) is 16.3 Å². The van der Waals surface area contributed by atoms with E-state index in [4.69, 9.17) is 16.3 Å². The van der Waals surface area contributed by atoms with Crippen molar-refractivity contribution in [3.8, 4) is 5.75 Å². The first-order chi connectivity index (χ1) is 18.6. The Morgan fingerprint density at radius 1 is 0.872 bits per heavy atom. The van der Waals surface area contributed by atoms with Crippen molar-refractivity contribution in [2.24, 2.45) is 0 Å². The Morgan fingerprint density at radius 2 is 1.54 bits per heavy atom. The van der Waals surface area contributed by atoms with Crippen LogP contribution < -0.4 is 15.4 Å². The SMILES string of the molecule is COc1ccc(C(=O)Nc2ccc(SC(C(=O)Nc3cc(C(F)(F)F)ccc3Cl)c3ccccc3)cc2)cc1. The monoisotopic (exact) mass is 570 g/mol. The Balaban J connectivity index is 1.51. The summed E-state index contributed by atoms with van der Waals surface area (Å²) in [6.07, 6.45) is -4.58. The first kappa shape index (κ1) is 28.1. The molecule has 10 heteroatoms.